The van der Waals surface area contributed by atoms with Crippen molar-refractivity contribution < 1.29 is 5.21 Å². The lowest BCUT2D eigenvalue weighted by atomic mass is 10.0. The third-order valence-electron chi connectivity index (χ3n) is 1.75. The van der Waals surface area contributed by atoms with E-state index in [1.54, 1.807) is 0 Å². The Bertz CT molecular complexity index is 271. The zero-order valence-electron chi connectivity index (χ0n) is 6.74. The number of oxime groups is 1. The molecule has 1 aromatic rings. The molecule has 0 aliphatic carbocycles. The van der Waals surface area contributed by atoms with Crippen LogP contribution < -0.4 is 0 Å². The van der Waals surface area contributed by atoms with E-state index in [4.69, 9.17) is 16.8 Å². The van der Waals surface area contributed by atoms with Gasteiger partial charge in [-0.05, 0) is 5.56 Å². The Morgan fingerprint density at radius 3 is 2.50 bits per heavy atom. The van der Waals surface area contributed by atoms with Crippen LogP contribution in [0.2, 0.25) is 0 Å². The summed E-state index contributed by atoms with van der Waals surface area (Å²) < 4.78 is 0. The monoisotopic (exact) mass is 183 g/mol. The SMILES string of the molecule is CC(/C(Cl)=N/O)c1ccccc1. The Hall–Kier alpha value is -1.02. The van der Waals surface area contributed by atoms with Crippen LogP contribution in [0.5, 0.6) is 0 Å². The van der Waals surface area contributed by atoms with Gasteiger partial charge >= 0.3 is 0 Å². The maximum Gasteiger partial charge on any atom is 0.152 e. The normalized spacial score (nSPS) is 14.3. The Balaban J connectivity index is 2.86. The van der Waals surface area contributed by atoms with E-state index >= 15 is 0 Å². The molecule has 0 amide bonds. The molecule has 0 spiro atoms. The molecule has 0 radical (unpaired) electrons. The van der Waals surface area contributed by atoms with E-state index in [1.165, 1.54) is 0 Å². The van der Waals surface area contributed by atoms with Crippen LogP contribution in [-0.2, 0) is 0 Å². The molecule has 0 saturated carbocycles. The molecule has 1 aromatic carbocycles. The van der Waals surface area contributed by atoms with Gasteiger partial charge in [0.05, 0.1) is 0 Å². The van der Waals surface area contributed by atoms with Gasteiger partial charge in [-0.2, -0.15) is 0 Å². The lowest BCUT2D eigenvalue weighted by Crippen LogP contribution is -2.01. The van der Waals surface area contributed by atoms with Crippen molar-refractivity contribution in [2.45, 2.75) is 12.8 Å². The predicted octanol–water partition coefficient (Wildman–Crippen LogP) is 2.82. The Morgan fingerprint density at radius 1 is 1.42 bits per heavy atom. The van der Waals surface area contributed by atoms with Crippen molar-refractivity contribution in [1.29, 1.82) is 0 Å². The predicted molar refractivity (Wildman–Crippen MR) is 49.9 cm³/mol. The van der Waals surface area contributed by atoms with Gasteiger partial charge < -0.3 is 5.21 Å². The molecule has 0 fully saturated rings. The maximum atomic E-state index is 8.42. The Morgan fingerprint density at radius 2 is 2.00 bits per heavy atom. The van der Waals surface area contributed by atoms with E-state index in [9.17, 15) is 0 Å². The molecule has 64 valence electrons. The van der Waals surface area contributed by atoms with E-state index in [0.717, 1.165) is 5.56 Å². The Kier molecular flexibility index (Phi) is 3.11. The van der Waals surface area contributed by atoms with Crippen LogP contribution in [0.4, 0.5) is 0 Å². The van der Waals surface area contributed by atoms with Crippen LogP contribution in [0.25, 0.3) is 0 Å². The topological polar surface area (TPSA) is 32.6 Å². The van der Waals surface area contributed by atoms with Crippen LogP contribution in [0.3, 0.4) is 0 Å². The second kappa shape index (κ2) is 4.12. The van der Waals surface area contributed by atoms with Crippen LogP contribution in [0, 0.1) is 0 Å². The summed E-state index contributed by atoms with van der Waals surface area (Å²) in [5.74, 6) is -0.0436. The van der Waals surface area contributed by atoms with Crippen molar-refractivity contribution in [3.8, 4) is 0 Å². The van der Waals surface area contributed by atoms with Crippen molar-refractivity contribution in [2.24, 2.45) is 5.16 Å². The number of hydrogen-bond donors (Lipinski definition) is 1. The first-order valence-corrected chi connectivity index (χ1v) is 4.06. The first-order valence-electron chi connectivity index (χ1n) is 3.68. The van der Waals surface area contributed by atoms with Crippen molar-refractivity contribution in [1.82, 2.24) is 0 Å². The average molecular weight is 184 g/mol. The van der Waals surface area contributed by atoms with E-state index in [0.29, 0.717) is 0 Å². The Labute approximate surface area is 76.5 Å². The van der Waals surface area contributed by atoms with Gasteiger partial charge in [-0.25, -0.2) is 0 Å². The minimum atomic E-state index is -0.0436. The van der Waals surface area contributed by atoms with Crippen molar-refractivity contribution in [3.63, 3.8) is 0 Å². The van der Waals surface area contributed by atoms with E-state index in [1.807, 2.05) is 37.3 Å². The van der Waals surface area contributed by atoms with E-state index < -0.39 is 0 Å². The molecular weight excluding hydrogens is 174 g/mol. The molecule has 2 nitrogen and oxygen atoms in total. The fourth-order valence-corrected chi connectivity index (χ4v) is 1.09. The number of halogens is 1. The highest BCUT2D eigenvalue weighted by molar-refractivity contribution is 6.66. The van der Waals surface area contributed by atoms with Gasteiger partial charge in [0.2, 0.25) is 0 Å². The smallest absolute Gasteiger partial charge is 0.152 e. The first-order chi connectivity index (χ1) is 5.75. The van der Waals surface area contributed by atoms with E-state index in [-0.39, 0.29) is 11.1 Å². The summed E-state index contributed by atoms with van der Waals surface area (Å²) in [7, 11) is 0. The van der Waals surface area contributed by atoms with Crippen molar-refractivity contribution in [3.05, 3.63) is 35.9 Å². The molecule has 1 atom stereocenters. The van der Waals surface area contributed by atoms with Crippen LogP contribution in [0.1, 0.15) is 18.4 Å². The molecule has 0 aromatic heterocycles. The lowest BCUT2D eigenvalue weighted by molar-refractivity contribution is 0.318. The summed E-state index contributed by atoms with van der Waals surface area (Å²) in [4.78, 5) is 0. The molecule has 0 heterocycles. The highest BCUT2D eigenvalue weighted by Crippen LogP contribution is 2.17. The largest absolute Gasteiger partial charge is 0.410 e. The fraction of sp³-hybridized carbons (Fsp3) is 0.222. The molecule has 1 unspecified atom stereocenters. The number of hydrogen-bond acceptors (Lipinski definition) is 2. The molecular formula is C9H10ClNO. The van der Waals surface area contributed by atoms with Crippen molar-refractivity contribution >= 4 is 16.8 Å². The number of benzene rings is 1. The quantitative estimate of drug-likeness (QED) is 0.427. The lowest BCUT2D eigenvalue weighted by Gasteiger charge is -2.07. The summed E-state index contributed by atoms with van der Waals surface area (Å²) in [6, 6.07) is 9.66. The molecule has 3 heteroatoms. The zero-order valence-corrected chi connectivity index (χ0v) is 7.49. The van der Waals surface area contributed by atoms with Gasteiger partial charge in [-0.15, -0.1) is 0 Å². The van der Waals surface area contributed by atoms with Gasteiger partial charge in [0.1, 0.15) is 0 Å². The molecule has 0 aliphatic heterocycles. The molecule has 0 bridgehead atoms. The minimum absolute atomic E-state index is 0.0436. The van der Waals surface area contributed by atoms with Gasteiger partial charge in [-0.3, -0.25) is 0 Å². The van der Waals surface area contributed by atoms with Gasteiger partial charge in [0, 0.05) is 5.92 Å². The standard InChI is InChI=1S/C9H10ClNO/c1-7(9(10)11-12)8-5-3-2-4-6-8/h2-7,12H,1H3/b11-9-. The summed E-state index contributed by atoms with van der Waals surface area (Å²) in [6.45, 7) is 1.89. The molecule has 1 N–H and O–H groups in total. The summed E-state index contributed by atoms with van der Waals surface area (Å²) in [5, 5.41) is 11.6. The third-order valence-corrected chi connectivity index (χ3v) is 2.16. The molecule has 12 heavy (non-hydrogen) atoms. The first kappa shape index (κ1) is 9.07. The molecule has 1 rings (SSSR count). The van der Waals surface area contributed by atoms with Crippen LogP contribution >= 0.6 is 11.6 Å². The maximum absolute atomic E-state index is 8.42. The third kappa shape index (κ3) is 1.98. The average Bonchev–Trinajstić information content (AvgIpc) is 2.17. The molecule has 0 aliphatic rings. The highest BCUT2D eigenvalue weighted by Gasteiger charge is 2.09. The van der Waals surface area contributed by atoms with Gasteiger partial charge in [0.25, 0.3) is 0 Å². The summed E-state index contributed by atoms with van der Waals surface area (Å²) in [5.41, 5.74) is 1.04. The van der Waals surface area contributed by atoms with Crippen LogP contribution in [-0.4, -0.2) is 10.4 Å². The highest BCUT2D eigenvalue weighted by atomic mass is 35.5. The van der Waals surface area contributed by atoms with E-state index in [2.05, 4.69) is 5.16 Å². The zero-order chi connectivity index (χ0) is 8.97. The minimum Gasteiger partial charge on any atom is -0.410 e. The van der Waals surface area contributed by atoms with Gasteiger partial charge in [-0.1, -0.05) is 54.0 Å². The van der Waals surface area contributed by atoms with Gasteiger partial charge in [0.15, 0.2) is 5.17 Å². The number of nitrogens with zero attached hydrogens (tertiary/aromatic N) is 1. The second-order valence-corrected chi connectivity index (χ2v) is 2.94. The molecule has 0 saturated heterocycles. The summed E-state index contributed by atoms with van der Waals surface area (Å²) >= 11 is 5.65. The summed E-state index contributed by atoms with van der Waals surface area (Å²) in [6.07, 6.45) is 0. The number of rotatable bonds is 2. The second-order valence-electron chi connectivity index (χ2n) is 2.56. The van der Waals surface area contributed by atoms with Crippen molar-refractivity contribution in [2.75, 3.05) is 0 Å². The van der Waals surface area contributed by atoms with Crippen LogP contribution in [0.15, 0.2) is 35.5 Å². The fourth-order valence-electron chi connectivity index (χ4n) is 0.966.